The zero-order chi connectivity index (χ0) is 17.6. The van der Waals surface area contributed by atoms with E-state index in [1.807, 2.05) is 36.4 Å². The molecule has 1 aromatic carbocycles. The average molecular weight is 354 g/mol. The monoisotopic (exact) mass is 354 g/mol. The highest BCUT2D eigenvalue weighted by molar-refractivity contribution is 7.17. The molecule has 25 heavy (non-hydrogen) atoms. The van der Waals surface area contributed by atoms with Crippen LogP contribution in [-0.2, 0) is 0 Å². The number of aromatic nitrogens is 2. The van der Waals surface area contributed by atoms with E-state index in [1.54, 1.807) is 25.4 Å². The van der Waals surface area contributed by atoms with Crippen molar-refractivity contribution in [3.05, 3.63) is 65.2 Å². The fourth-order valence-corrected chi connectivity index (χ4v) is 3.24. The maximum absolute atomic E-state index is 12.5. The first kappa shape index (κ1) is 17.1. The molecular formula is C18H18N4O2S. The Hall–Kier alpha value is -2.77. The van der Waals surface area contributed by atoms with E-state index in [4.69, 9.17) is 0 Å². The molecule has 0 radical (unpaired) electrons. The quantitative estimate of drug-likeness (QED) is 0.633. The number of benzene rings is 1. The van der Waals surface area contributed by atoms with Crippen molar-refractivity contribution >= 4 is 23.2 Å². The fourth-order valence-electron chi connectivity index (χ4n) is 2.36. The van der Waals surface area contributed by atoms with Crippen LogP contribution in [0.3, 0.4) is 0 Å². The maximum Gasteiger partial charge on any atom is 0.261 e. The van der Waals surface area contributed by atoms with Crippen LogP contribution in [0, 0.1) is 0 Å². The number of anilines is 1. The van der Waals surface area contributed by atoms with Gasteiger partial charge >= 0.3 is 0 Å². The normalized spacial score (nSPS) is 11.8. The van der Waals surface area contributed by atoms with Crippen LogP contribution in [0.15, 0.2) is 54.7 Å². The third-order valence-corrected chi connectivity index (χ3v) is 4.76. The predicted molar refractivity (Wildman–Crippen MR) is 98.6 cm³/mol. The largest absolute Gasteiger partial charge is 0.394 e. The lowest BCUT2D eigenvalue weighted by Crippen LogP contribution is -2.30. The first-order chi connectivity index (χ1) is 12.2. The molecule has 0 bridgehead atoms. The fraction of sp³-hybridized carbons (Fsp3) is 0.167. The summed E-state index contributed by atoms with van der Waals surface area (Å²) in [6.07, 6.45) is 1.67. The Kier molecular flexibility index (Phi) is 5.37. The minimum absolute atomic E-state index is 0.161. The van der Waals surface area contributed by atoms with E-state index in [-0.39, 0.29) is 12.5 Å². The number of aliphatic hydroxyl groups excluding tert-OH is 1. The Morgan fingerprint density at radius 2 is 2.00 bits per heavy atom. The van der Waals surface area contributed by atoms with E-state index < -0.39 is 6.04 Å². The summed E-state index contributed by atoms with van der Waals surface area (Å²) in [7, 11) is 1.75. The summed E-state index contributed by atoms with van der Waals surface area (Å²) in [6, 6.07) is 14.4. The van der Waals surface area contributed by atoms with Crippen LogP contribution in [0.2, 0.25) is 0 Å². The van der Waals surface area contributed by atoms with Gasteiger partial charge in [-0.15, -0.1) is 11.3 Å². The molecule has 2 aromatic heterocycles. The van der Waals surface area contributed by atoms with Crippen LogP contribution in [0.25, 0.3) is 10.6 Å². The van der Waals surface area contributed by atoms with Crippen molar-refractivity contribution in [2.75, 3.05) is 19.0 Å². The molecule has 0 aliphatic carbocycles. The lowest BCUT2D eigenvalue weighted by molar-refractivity contribution is 0.0920. The molecule has 0 saturated heterocycles. The molecule has 0 fully saturated rings. The van der Waals surface area contributed by atoms with Gasteiger partial charge in [0.1, 0.15) is 0 Å². The number of hydrogen-bond acceptors (Lipinski definition) is 6. The molecule has 0 unspecified atom stereocenters. The second kappa shape index (κ2) is 7.87. The molecule has 3 N–H and O–H groups in total. The summed E-state index contributed by atoms with van der Waals surface area (Å²) in [6.45, 7) is -0.161. The van der Waals surface area contributed by atoms with Crippen LogP contribution in [0.5, 0.6) is 0 Å². The molecular weight excluding hydrogens is 336 g/mol. The van der Waals surface area contributed by atoms with Gasteiger partial charge in [0.2, 0.25) is 5.95 Å². The first-order valence-corrected chi connectivity index (χ1v) is 8.60. The molecule has 2 heterocycles. The highest BCUT2D eigenvalue weighted by atomic mass is 32.1. The standard InChI is InChI=1S/C18H18N4O2S/c1-19-18-20-10-9-13(22-18)15-7-8-16(25-15)17(24)21-14(11-23)12-5-3-2-4-6-12/h2-10,14,23H,11H2,1H3,(H,21,24)(H,19,20,22)/t14-/m1/s1. The van der Waals surface area contributed by atoms with Gasteiger partial charge in [0.25, 0.3) is 5.91 Å². The van der Waals surface area contributed by atoms with Gasteiger partial charge in [0, 0.05) is 13.2 Å². The van der Waals surface area contributed by atoms with E-state index in [2.05, 4.69) is 20.6 Å². The topological polar surface area (TPSA) is 87.1 Å². The van der Waals surface area contributed by atoms with Gasteiger partial charge in [-0.2, -0.15) is 0 Å². The Balaban J connectivity index is 1.76. The lowest BCUT2D eigenvalue weighted by atomic mass is 10.1. The summed E-state index contributed by atoms with van der Waals surface area (Å²) < 4.78 is 0. The molecule has 1 amide bonds. The Morgan fingerprint density at radius 1 is 1.20 bits per heavy atom. The van der Waals surface area contributed by atoms with Gasteiger partial charge in [0.05, 0.1) is 28.1 Å². The van der Waals surface area contributed by atoms with Crippen LogP contribution in [0.4, 0.5) is 5.95 Å². The second-order valence-corrected chi connectivity index (χ2v) is 6.38. The summed E-state index contributed by atoms with van der Waals surface area (Å²) in [4.78, 5) is 22.4. The Morgan fingerprint density at radius 3 is 2.72 bits per heavy atom. The predicted octanol–water partition coefficient (Wildman–Crippen LogP) is 2.71. The molecule has 0 saturated carbocycles. The highest BCUT2D eigenvalue weighted by Gasteiger charge is 2.17. The summed E-state index contributed by atoms with van der Waals surface area (Å²) >= 11 is 1.35. The van der Waals surface area contributed by atoms with Gasteiger partial charge in [-0.3, -0.25) is 4.79 Å². The van der Waals surface area contributed by atoms with Crippen molar-refractivity contribution in [2.45, 2.75) is 6.04 Å². The average Bonchev–Trinajstić information content (AvgIpc) is 3.17. The molecule has 0 spiro atoms. The molecule has 7 heteroatoms. The van der Waals surface area contributed by atoms with E-state index >= 15 is 0 Å². The molecule has 6 nitrogen and oxygen atoms in total. The molecule has 0 aliphatic rings. The van der Waals surface area contributed by atoms with E-state index in [9.17, 15) is 9.90 Å². The Labute approximate surface area is 149 Å². The van der Waals surface area contributed by atoms with Crippen LogP contribution < -0.4 is 10.6 Å². The number of carbonyl (C=O) groups is 1. The number of aliphatic hydroxyl groups is 1. The van der Waals surface area contributed by atoms with Crippen LogP contribution in [0.1, 0.15) is 21.3 Å². The van der Waals surface area contributed by atoms with Gasteiger partial charge in [-0.1, -0.05) is 30.3 Å². The number of amides is 1. The van der Waals surface area contributed by atoms with Crippen LogP contribution >= 0.6 is 11.3 Å². The zero-order valence-electron chi connectivity index (χ0n) is 13.6. The molecule has 128 valence electrons. The number of thiophene rings is 1. The van der Waals surface area contributed by atoms with Gasteiger partial charge in [-0.25, -0.2) is 9.97 Å². The Bertz CT molecular complexity index is 851. The first-order valence-electron chi connectivity index (χ1n) is 7.79. The van der Waals surface area contributed by atoms with E-state index in [0.717, 1.165) is 16.1 Å². The number of hydrogen-bond donors (Lipinski definition) is 3. The smallest absolute Gasteiger partial charge is 0.261 e. The maximum atomic E-state index is 12.5. The zero-order valence-corrected chi connectivity index (χ0v) is 14.5. The minimum atomic E-state index is -0.436. The van der Waals surface area contributed by atoms with E-state index in [0.29, 0.717) is 10.8 Å². The molecule has 1 atom stereocenters. The number of nitrogens with one attached hydrogen (secondary N) is 2. The van der Waals surface area contributed by atoms with Crippen molar-refractivity contribution < 1.29 is 9.90 Å². The van der Waals surface area contributed by atoms with Crippen molar-refractivity contribution in [1.29, 1.82) is 0 Å². The second-order valence-electron chi connectivity index (χ2n) is 5.30. The van der Waals surface area contributed by atoms with E-state index in [1.165, 1.54) is 11.3 Å². The van der Waals surface area contributed by atoms with Crippen molar-refractivity contribution in [2.24, 2.45) is 0 Å². The number of rotatable bonds is 6. The third-order valence-electron chi connectivity index (χ3n) is 3.65. The number of carbonyl (C=O) groups excluding carboxylic acids is 1. The molecule has 3 aromatic rings. The number of nitrogens with zero attached hydrogens (tertiary/aromatic N) is 2. The van der Waals surface area contributed by atoms with Crippen LogP contribution in [-0.4, -0.2) is 34.6 Å². The summed E-state index contributed by atoms with van der Waals surface area (Å²) in [5.74, 6) is 0.309. The molecule has 0 aliphatic heterocycles. The van der Waals surface area contributed by atoms with Gasteiger partial charge in [-0.05, 0) is 23.8 Å². The SMILES string of the molecule is CNc1nccc(-c2ccc(C(=O)N[C@H](CO)c3ccccc3)s2)n1. The van der Waals surface area contributed by atoms with Crippen molar-refractivity contribution in [1.82, 2.24) is 15.3 Å². The summed E-state index contributed by atoms with van der Waals surface area (Å²) in [5.41, 5.74) is 1.62. The van der Waals surface area contributed by atoms with Crippen molar-refractivity contribution in [3.8, 4) is 10.6 Å². The van der Waals surface area contributed by atoms with Crippen molar-refractivity contribution in [3.63, 3.8) is 0 Å². The van der Waals surface area contributed by atoms with Gasteiger partial charge < -0.3 is 15.7 Å². The summed E-state index contributed by atoms with van der Waals surface area (Å²) in [5, 5.41) is 15.3. The third kappa shape index (κ3) is 4.01. The minimum Gasteiger partial charge on any atom is -0.394 e. The lowest BCUT2D eigenvalue weighted by Gasteiger charge is -2.16. The highest BCUT2D eigenvalue weighted by Crippen LogP contribution is 2.27. The van der Waals surface area contributed by atoms with Gasteiger partial charge in [0.15, 0.2) is 0 Å². The molecule has 3 rings (SSSR count).